The van der Waals surface area contributed by atoms with E-state index in [4.69, 9.17) is 11.6 Å². The van der Waals surface area contributed by atoms with Crippen LogP contribution in [0, 0.1) is 6.92 Å². The molecule has 2 aromatic heterocycles. The van der Waals surface area contributed by atoms with Crippen LogP contribution in [-0.4, -0.2) is 52.0 Å². The first-order chi connectivity index (χ1) is 15.0. The Bertz CT molecular complexity index is 1080. The van der Waals surface area contributed by atoms with Crippen molar-refractivity contribution >= 4 is 29.0 Å². The molecule has 0 aliphatic carbocycles. The maximum absolute atomic E-state index is 12.9. The van der Waals surface area contributed by atoms with Crippen LogP contribution in [0.15, 0.2) is 42.7 Å². The number of aromatic nitrogens is 3. The molecule has 3 heterocycles. The minimum Gasteiger partial charge on any atom is -0.392 e. The molecule has 0 spiro atoms. The molecule has 3 N–H and O–H groups in total. The maximum Gasteiger partial charge on any atom is 0.276 e. The topological polar surface area (TPSA) is 95.3 Å². The molecular formula is C22H25ClN6O2. The van der Waals surface area contributed by atoms with E-state index in [0.717, 1.165) is 36.6 Å². The first kappa shape index (κ1) is 21.3. The van der Waals surface area contributed by atoms with Crippen molar-refractivity contribution in [2.75, 3.05) is 30.4 Å². The first-order valence-electron chi connectivity index (χ1n) is 10.1. The number of hydrogen-bond donors (Lipinski definition) is 3. The average molecular weight is 441 g/mol. The molecule has 8 nitrogen and oxygen atoms in total. The van der Waals surface area contributed by atoms with Gasteiger partial charge in [-0.15, -0.1) is 0 Å². The number of halogens is 1. The molecule has 162 valence electrons. The number of carbonyl (C=O) groups excluding carboxylic acids is 1. The van der Waals surface area contributed by atoms with Crippen LogP contribution in [0.2, 0.25) is 5.02 Å². The lowest BCUT2D eigenvalue weighted by molar-refractivity contribution is 0.101. The smallest absolute Gasteiger partial charge is 0.276 e. The summed E-state index contributed by atoms with van der Waals surface area (Å²) < 4.78 is 1.55. The van der Waals surface area contributed by atoms with Gasteiger partial charge in [0.05, 0.1) is 24.2 Å². The minimum atomic E-state index is -0.401. The van der Waals surface area contributed by atoms with Crippen LogP contribution < -0.4 is 15.5 Å². The Morgan fingerprint density at radius 1 is 1.32 bits per heavy atom. The van der Waals surface area contributed by atoms with Crippen molar-refractivity contribution in [2.45, 2.75) is 26.0 Å². The lowest BCUT2D eigenvalue weighted by Gasteiger charge is -2.20. The van der Waals surface area contributed by atoms with Gasteiger partial charge in [-0.1, -0.05) is 11.6 Å². The highest BCUT2D eigenvalue weighted by Crippen LogP contribution is 2.24. The second-order valence-corrected chi connectivity index (χ2v) is 8.06. The highest BCUT2D eigenvalue weighted by molar-refractivity contribution is 6.30. The van der Waals surface area contributed by atoms with Gasteiger partial charge in [-0.3, -0.25) is 4.79 Å². The molecule has 1 atom stereocenters. The van der Waals surface area contributed by atoms with E-state index in [1.165, 1.54) is 0 Å². The predicted molar refractivity (Wildman–Crippen MR) is 121 cm³/mol. The molecule has 1 aliphatic heterocycles. The van der Waals surface area contributed by atoms with E-state index >= 15 is 0 Å². The van der Waals surface area contributed by atoms with E-state index in [2.05, 4.69) is 25.6 Å². The van der Waals surface area contributed by atoms with Crippen LogP contribution in [0.3, 0.4) is 0 Å². The van der Waals surface area contributed by atoms with E-state index < -0.39 is 5.91 Å². The summed E-state index contributed by atoms with van der Waals surface area (Å²) in [4.78, 5) is 19.7. The molecule has 1 aromatic carbocycles. The summed E-state index contributed by atoms with van der Waals surface area (Å²) in [6.45, 7) is 3.55. The Morgan fingerprint density at radius 3 is 2.74 bits per heavy atom. The van der Waals surface area contributed by atoms with Crippen LogP contribution in [0.25, 0.3) is 5.69 Å². The first-order valence-corrected chi connectivity index (χ1v) is 10.5. The molecule has 1 aliphatic rings. The van der Waals surface area contributed by atoms with Gasteiger partial charge in [0.15, 0.2) is 5.69 Å². The molecular weight excluding hydrogens is 416 g/mol. The summed E-state index contributed by atoms with van der Waals surface area (Å²) in [7, 11) is 1.97. The number of aryl methyl sites for hydroxylation is 1. The van der Waals surface area contributed by atoms with Crippen molar-refractivity contribution in [1.29, 1.82) is 0 Å². The number of carbonyl (C=O) groups is 1. The van der Waals surface area contributed by atoms with E-state index in [-0.39, 0.29) is 12.3 Å². The normalized spacial score (nSPS) is 16.0. The van der Waals surface area contributed by atoms with Gasteiger partial charge in [-0.25, -0.2) is 9.67 Å². The number of benzene rings is 1. The molecule has 1 saturated heterocycles. The third-order valence-corrected chi connectivity index (χ3v) is 5.72. The summed E-state index contributed by atoms with van der Waals surface area (Å²) in [6, 6.07) is 9.44. The lowest BCUT2D eigenvalue weighted by atomic mass is 10.2. The number of amides is 1. The predicted octanol–water partition coefficient (Wildman–Crippen LogP) is 2.77. The van der Waals surface area contributed by atoms with Gasteiger partial charge in [0.25, 0.3) is 5.91 Å². The van der Waals surface area contributed by atoms with Gasteiger partial charge in [-0.05, 0) is 56.3 Å². The highest BCUT2D eigenvalue weighted by Gasteiger charge is 2.23. The number of nitrogens with one attached hydrogen (secondary N) is 2. The third kappa shape index (κ3) is 4.56. The maximum atomic E-state index is 12.9. The number of hydrogen-bond acceptors (Lipinski definition) is 6. The summed E-state index contributed by atoms with van der Waals surface area (Å²) in [5.41, 5.74) is 2.91. The molecule has 31 heavy (non-hydrogen) atoms. The zero-order chi connectivity index (χ0) is 22.0. The van der Waals surface area contributed by atoms with Crippen molar-refractivity contribution in [1.82, 2.24) is 20.1 Å². The van der Waals surface area contributed by atoms with Gasteiger partial charge in [0.1, 0.15) is 5.82 Å². The van der Waals surface area contributed by atoms with Gasteiger partial charge in [-0.2, -0.15) is 5.10 Å². The van der Waals surface area contributed by atoms with Crippen LogP contribution in [-0.2, 0) is 6.61 Å². The van der Waals surface area contributed by atoms with Gasteiger partial charge in [0, 0.05) is 35.9 Å². The number of anilines is 2. The van der Waals surface area contributed by atoms with Crippen molar-refractivity contribution in [3.05, 3.63) is 64.6 Å². The van der Waals surface area contributed by atoms with Gasteiger partial charge < -0.3 is 20.6 Å². The molecule has 1 amide bonds. The zero-order valence-corrected chi connectivity index (χ0v) is 18.2. The Labute approximate surface area is 185 Å². The second kappa shape index (κ2) is 9.05. The Balaban J connectivity index is 1.51. The average Bonchev–Trinajstić information content (AvgIpc) is 3.41. The van der Waals surface area contributed by atoms with Crippen LogP contribution in [0.5, 0.6) is 0 Å². The molecule has 9 heteroatoms. The number of aliphatic hydroxyl groups is 1. The SMILES string of the molecule is CN[C@H]1CCN(c2ncc(NC(=O)c3nn(-c4ccc(Cl)cc4)cc3CO)cc2C)C1. The van der Waals surface area contributed by atoms with Gasteiger partial charge >= 0.3 is 0 Å². The summed E-state index contributed by atoms with van der Waals surface area (Å²) >= 11 is 5.94. The van der Waals surface area contributed by atoms with Crippen LogP contribution in [0.4, 0.5) is 11.5 Å². The largest absolute Gasteiger partial charge is 0.392 e. The van der Waals surface area contributed by atoms with Crippen molar-refractivity contribution < 1.29 is 9.90 Å². The van der Waals surface area contributed by atoms with E-state index in [1.54, 1.807) is 41.3 Å². The number of pyridine rings is 1. The fraction of sp³-hybridized carbons (Fsp3) is 0.318. The van der Waals surface area contributed by atoms with Crippen LogP contribution in [0.1, 0.15) is 28.0 Å². The summed E-state index contributed by atoms with van der Waals surface area (Å²) in [5, 5.41) is 20.8. The number of aliphatic hydroxyl groups excluding tert-OH is 1. The molecule has 3 aromatic rings. The summed E-state index contributed by atoms with van der Waals surface area (Å²) in [5.74, 6) is 0.529. The molecule has 0 saturated carbocycles. The number of rotatable bonds is 6. The Morgan fingerprint density at radius 2 is 2.10 bits per heavy atom. The van der Waals surface area contributed by atoms with Crippen LogP contribution >= 0.6 is 11.6 Å². The summed E-state index contributed by atoms with van der Waals surface area (Å²) in [6.07, 6.45) is 4.37. The minimum absolute atomic E-state index is 0.163. The molecule has 1 fully saturated rings. The lowest BCUT2D eigenvalue weighted by Crippen LogP contribution is -2.30. The number of nitrogens with zero attached hydrogens (tertiary/aromatic N) is 4. The van der Waals surface area contributed by atoms with Crippen molar-refractivity contribution in [2.24, 2.45) is 0 Å². The quantitative estimate of drug-likeness (QED) is 0.545. The van der Waals surface area contributed by atoms with E-state index in [9.17, 15) is 9.90 Å². The fourth-order valence-electron chi connectivity index (χ4n) is 3.79. The van der Waals surface area contributed by atoms with E-state index in [1.807, 2.05) is 20.0 Å². The molecule has 0 unspecified atom stereocenters. The van der Waals surface area contributed by atoms with Crippen molar-refractivity contribution in [3.63, 3.8) is 0 Å². The highest BCUT2D eigenvalue weighted by atomic mass is 35.5. The van der Waals surface area contributed by atoms with Gasteiger partial charge in [0.2, 0.25) is 0 Å². The standard InChI is InChI=1S/C22H25ClN6O2/c1-14-9-18(10-25-21(14)28-8-7-17(12-28)24-2)26-22(31)20-15(13-30)11-29(27-20)19-5-3-16(23)4-6-19/h3-6,9-11,17,24,30H,7-8,12-13H2,1-2H3,(H,26,31)/t17-/m0/s1. The molecule has 4 rings (SSSR count). The monoisotopic (exact) mass is 440 g/mol. The zero-order valence-electron chi connectivity index (χ0n) is 17.5. The van der Waals surface area contributed by atoms with Crippen molar-refractivity contribution in [3.8, 4) is 5.69 Å². The Kier molecular flexibility index (Phi) is 6.22. The van der Waals surface area contributed by atoms with E-state index in [0.29, 0.717) is 22.3 Å². The molecule has 0 radical (unpaired) electrons. The number of likely N-dealkylation sites (N-methyl/N-ethyl adjacent to an activating group) is 1. The Hall–Kier alpha value is -2.94. The second-order valence-electron chi connectivity index (χ2n) is 7.62. The third-order valence-electron chi connectivity index (χ3n) is 5.47. The molecule has 0 bridgehead atoms. The fourth-order valence-corrected chi connectivity index (χ4v) is 3.91.